The predicted octanol–water partition coefficient (Wildman–Crippen LogP) is 0.549. The number of nitrogens with zero attached hydrogens (tertiary/aromatic N) is 1. The first kappa shape index (κ1) is 16.2. The topological polar surface area (TPSA) is 110 Å². The molecule has 0 saturated heterocycles. The molecule has 1 aromatic rings. The first-order chi connectivity index (χ1) is 9.71. The average Bonchev–Trinajstić information content (AvgIpc) is 3.22. The summed E-state index contributed by atoms with van der Waals surface area (Å²) >= 11 is 0. The summed E-state index contributed by atoms with van der Waals surface area (Å²) in [7, 11) is -7.29. The van der Waals surface area contributed by atoms with Crippen LogP contribution in [-0.2, 0) is 19.9 Å². The van der Waals surface area contributed by atoms with E-state index < -0.39 is 19.9 Å². The minimum atomic E-state index is -3.79. The van der Waals surface area contributed by atoms with Crippen molar-refractivity contribution in [1.29, 1.82) is 0 Å². The summed E-state index contributed by atoms with van der Waals surface area (Å²) in [6.07, 6.45) is 2.68. The van der Waals surface area contributed by atoms with Crippen molar-refractivity contribution < 1.29 is 16.8 Å². The van der Waals surface area contributed by atoms with Crippen molar-refractivity contribution in [3.8, 4) is 0 Å². The second kappa shape index (κ2) is 5.56. The molecule has 1 aliphatic carbocycles. The Hall–Kier alpha value is -1.16. The lowest BCUT2D eigenvalue weighted by Gasteiger charge is -2.22. The third-order valence-electron chi connectivity index (χ3n) is 3.39. The Morgan fingerprint density at radius 3 is 2.33 bits per heavy atom. The molecule has 2 rings (SSSR count). The molecule has 3 N–H and O–H groups in total. The molecule has 9 heteroatoms. The van der Waals surface area contributed by atoms with Gasteiger partial charge in [-0.2, -0.15) is 4.31 Å². The van der Waals surface area contributed by atoms with E-state index in [0.29, 0.717) is 6.54 Å². The summed E-state index contributed by atoms with van der Waals surface area (Å²) < 4.78 is 50.1. The number of nitrogen functional groups attached to an aromatic ring is 1. The Bertz CT molecular complexity index is 740. The first-order valence-electron chi connectivity index (χ1n) is 6.54. The Labute approximate surface area is 125 Å². The molecular formula is C12H19N3O4S2. The van der Waals surface area contributed by atoms with Crippen LogP contribution in [0.4, 0.5) is 5.69 Å². The van der Waals surface area contributed by atoms with Crippen molar-refractivity contribution in [3.05, 3.63) is 18.2 Å². The zero-order chi connectivity index (χ0) is 15.8. The Morgan fingerprint density at radius 1 is 1.29 bits per heavy atom. The Balaban J connectivity index is 2.60. The van der Waals surface area contributed by atoms with Crippen LogP contribution in [0.15, 0.2) is 28.0 Å². The van der Waals surface area contributed by atoms with Crippen LogP contribution < -0.4 is 11.3 Å². The van der Waals surface area contributed by atoms with E-state index >= 15 is 0 Å². The second-order valence-corrected chi connectivity index (χ2v) is 8.89. The van der Waals surface area contributed by atoms with Gasteiger partial charge in [0.1, 0.15) is 4.90 Å². The van der Waals surface area contributed by atoms with Crippen molar-refractivity contribution in [3.63, 3.8) is 0 Å². The predicted molar refractivity (Wildman–Crippen MR) is 79.9 cm³/mol. The van der Waals surface area contributed by atoms with Gasteiger partial charge in [0, 0.05) is 18.8 Å². The molecule has 0 radical (unpaired) electrons. The fourth-order valence-corrected chi connectivity index (χ4v) is 4.78. The number of anilines is 1. The van der Waals surface area contributed by atoms with Crippen LogP contribution in [0.25, 0.3) is 0 Å². The lowest BCUT2D eigenvalue weighted by atomic mass is 10.3. The number of hydrogen-bond acceptors (Lipinski definition) is 6. The van der Waals surface area contributed by atoms with Crippen LogP contribution >= 0.6 is 0 Å². The highest BCUT2D eigenvalue weighted by Crippen LogP contribution is 2.34. The quantitative estimate of drug-likeness (QED) is 0.581. The van der Waals surface area contributed by atoms with E-state index in [9.17, 15) is 16.8 Å². The van der Waals surface area contributed by atoms with Crippen molar-refractivity contribution in [2.24, 2.45) is 5.84 Å². The zero-order valence-corrected chi connectivity index (χ0v) is 13.5. The lowest BCUT2D eigenvalue weighted by molar-refractivity contribution is 0.421. The van der Waals surface area contributed by atoms with Gasteiger partial charge < -0.3 is 5.43 Å². The van der Waals surface area contributed by atoms with Gasteiger partial charge in [-0.1, -0.05) is 6.92 Å². The van der Waals surface area contributed by atoms with Gasteiger partial charge in [0.15, 0.2) is 9.84 Å². The second-order valence-electron chi connectivity index (χ2n) is 5.01. The van der Waals surface area contributed by atoms with Gasteiger partial charge in [-0.05, 0) is 31.0 Å². The summed E-state index contributed by atoms with van der Waals surface area (Å²) in [5.74, 6) is 5.36. The van der Waals surface area contributed by atoms with Crippen LogP contribution in [0, 0.1) is 0 Å². The minimum absolute atomic E-state index is 0.00693. The van der Waals surface area contributed by atoms with E-state index in [1.54, 1.807) is 6.92 Å². The number of sulfonamides is 1. The summed E-state index contributed by atoms with van der Waals surface area (Å²) in [5.41, 5.74) is 2.50. The third-order valence-corrected chi connectivity index (χ3v) is 6.57. The Morgan fingerprint density at radius 2 is 1.90 bits per heavy atom. The maximum Gasteiger partial charge on any atom is 0.245 e. The maximum absolute atomic E-state index is 12.7. The van der Waals surface area contributed by atoms with E-state index in [2.05, 4.69) is 5.43 Å². The van der Waals surface area contributed by atoms with Crippen molar-refractivity contribution in [2.45, 2.75) is 35.6 Å². The zero-order valence-electron chi connectivity index (χ0n) is 11.9. The van der Waals surface area contributed by atoms with E-state index in [4.69, 9.17) is 5.84 Å². The van der Waals surface area contributed by atoms with Gasteiger partial charge in [-0.3, -0.25) is 5.84 Å². The number of nitrogens with two attached hydrogens (primary N) is 1. The molecule has 0 atom stereocenters. The Kier molecular flexibility index (Phi) is 4.29. The fourth-order valence-electron chi connectivity index (χ4n) is 2.18. The molecular weight excluding hydrogens is 314 g/mol. The monoisotopic (exact) mass is 333 g/mol. The van der Waals surface area contributed by atoms with E-state index in [1.807, 2.05) is 0 Å². The fraction of sp³-hybridized carbons (Fsp3) is 0.500. The standard InChI is InChI=1S/C12H19N3O4S2/c1-3-15(9-4-5-9)21(18,19)12-8-10(20(2,16)17)6-7-11(12)14-13/h6-9,14H,3-5,13H2,1-2H3. The van der Waals surface area contributed by atoms with Gasteiger partial charge in [-0.25, -0.2) is 16.8 Å². The molecule has 0 bridgehead atoms. The summed E-state index contributed by atoms with van der Waals surface area (Å²) in [6.45, 7) is 2.09. The van der Waals surface area contributed by atoms with Gasteiger partial charge in [0.25, 0.3) is 0 Å². The van der Waals surface area contributed by atoms with Crippen LogP contribution in [0.2, 0.25) is 0 Å². The van der Waals surface area contributed by atoms with Crippen molar-refractivity contribution >= 4 is 25.5 Å². The molecule has 0 spiro atoms. The average molecular weight is 333 g/mol. The van der Waals surface area contributed by atoms with Crippen molar-refractivity contribution in [2.75, 3.05) is 18.2 Å². The molecule has 21 heavy (non-hydrogen) atoms. The SMILES string of the molecule is CCN(C1CC1)S(=O)(=O)c1cc(S(C)(=O)=O)ccc1NN. The highest BCUT2D eigenvalue weighted by atomic mass is 32.2. The first-order valence-corrected chi connectivity index (χ1v) is 9.87. The van der Waals surface area contributed by atoms with Gasteiger partial charge in [-0.15, -0.1) is 0 Å². The number of hydrazine groups is 1. The number of sulfone groups is 1. The smallest absolute Gasteiger partial charge is 0.245 e. The van der Waals surface area contributed by atoms with E-state index in [0.717, 1.165) is 25.2 Å². The van der Waals surface area contributed by atoms with Crippen molar-refractivity contribution in [1.82, 2.24) is 4.31 Å². The number of hydrogen-bond donors (Lipinski definition) is 2. The molecule has 1 saturated carbocycles. The van der Waals surface area contributed by atoms with Gasteiger partial charge in [0.05, 0.1) is 10.6 Å². The molecule has 0 aliphatic heterocycles. The molecule has 0 unspecified atom stereocenters. The molecule has 7 nitrogen and oxygen atoms in total. The minimum Gasteiger partial charge on any atom is -0.323 e. The highest BCUT2D eigenvalue weighted by molar-refractivity contribution is 7.91. The van der Waals surface area contributed by atoms with Crippen LogP contribution in [0.3, 0.4) is 0 Å². The number of benzene rings is 1. The highest BCUT2D eigenvalue weighted by Gasteiger charge is 2.38. The van der Waals surface area contributed by atoms with Crippen LogP contribution in [0.1, 0.15) is 19.8 Å². The third kappa shape index (κ3) is 3.20. The summed E-state index contributed by atoms with van der Waals surface area (Å²) in [6, 6.07) is 3.85. The molecule has 0 amide bonds. The van der Waals surface area contributed by atoms with Crippen LogP contribution in [0.5, 0.6) is 0 Å². The lowest BCUT2D eigenvalue weighted by Crippen LogP contribution is -2.33. The summed E-state index contributed by atoms with van der Waals surface area (Å²) in [5, 5.41) is 0. The normalized spacial score (nSPS) is 16.2. The molecule has 1 aliphatic rings. The van der Waals surface area contributed by atoms with E-state index in [-0.39, 0.29) is 21.5 Å². The molecule has 1 fully saturated rings. The van der Waals surface area contributed by atoms with Gasteiger partial charge in [0.2, 0.25) is 10.0 Å². The van der Waals surface area contributed by atoms with Gasteiger partial charge >= 0.3 is 0 Å². The number of nitrogens with one attached hydrogen (secondary N) is 1. The van der Waals surface area contributed by atoms with Crippen LogP contribution in [-0.4, -0.2) is 40.0 Å². The maximum atomic E-state index is 12.7. The molecule has 118 valence electrons. The molecule has 0 heterocycles. The summed E-state index contributed by atoms with van der Waals surface area (Å²) in [4.78, 5) is -0.159. The van der Waals surface area contributed by atoms with E-state index in [1.165, 1.54) is 16.4 Å². The molecule has 0 aromatic heterocycles. The number of rotatable bonds is 6. The molecule has 1 aromatic carbocycles. The largest absolute Gasteiger partial charge is 0.323 e.